The molecule has 0 unspecified atom stereocenters. The molecule has 3 heteroatoms. The van der Waals surface area contributed by atoms with E-state index in [1.54, 1.807) is 0 Å². The highest BCUT2D eigenvalue weighted by molar-refractivity contribution is 5.59. The summed E-state index contributed by atoms with van der Waals surface area (Å²) >= 11 is 0. The Hall–Kier alpha value is -1.64. The van der Waals surface area contributed by atoms with Gasteiger partial charge in [0.15, 0.2) is 0 Å². The van der Waals surface area contributed by atoms with Crippen molar-refractivity contribution >= 4 is 0 Å². The van der Waals surface area contributed by atoms with Gasteiger partial charge < -0.3 is 0 Å². The summed E-state index contributed by atoms with van der Waals surface area (Å²) in [4.78, 5) is 0. The van der Waals surface area contributed by atoms with Crippen LogP contribution in [0, 0.1) is 6.92 Å². The van der Waals surface area contributed by atoms with Crippen molar-refractivity contribution in [2.24, 2.45) is 0 Å². The molecule has 0 fully saturated rings. The quantitative estimate of drug-likeness (QED) is 0.640. The minimum atomic E-state index is 0.815. The van der Waals surface area contributed by atoms with Crippen molar-refractivity contribution in [2.75, 3.05) is 0 Å². The molecule has 0 saturated carbocycles. The highest BCUT2D eigenvalue weighted by atomic mass is 16.6. The van der Waals surface area contributed by atoms with Crippen LogP contribution in [0.5, 0.6) is 0 Å². The number of nitrogens with zero attached hydrogens (tertiary/aromatic N) is 2. The Kier molecular flexibility index (Phi) is 1.63. The molecule has 0 radical (unpaired) electrons. The van der Waals surface area contributed by atoms with E-state index in [1.807, 2.05) is 37.3 Å². The molecule has 1 aromatic carbocycles. The highest BCUT2D eigenvalue weighted by Crippen LogP contribution is 2.18. The van der Waals surface area contributed by atoms with E-state index in [2.05, 4.69) is 14.9 Å². The zero-order chi connectivity index (χ0) is 8.39. The van der Waals surface area contributed by atoms with Crippen LogP contribution >= 0.6 is 0 Å². The summed E-state index contributed by atoms with van der Waals surface area (Å²) < 4.78 is 4.60. The number of hydrogen-bond acceptors (Lipinski definition) is 3. The Labute approximate surface area is 70.0 Å². The molecule has 0 N–H and O–H groups in total. The lowest BCUT2D eigenvalue weighted by Gasteiger charge is -1.92. The average molecular weight is 160 g/mol. The van der Waals surface area contributed by atoms with Crippen LogP contribution in [0.3, 0.4) is 0 Å². The maximum atomic E-state index is 4.60. The molecule has 0 atom stereocenters. The summed E-state index contributed by atoms with van der Waals surface area (Å²) in [6.07, 6.45) is 0. The van der Waals surface area contributed by atoms with Crippen molar-refractivity contribution < 1.29 is 4.63 Å². The molecule has 0 spiro atoms. The van der Waals surface area contributed by atoms with Crippen LogP contribution in [0.25, 0.3) is 11.3 Å². The second-order valence-electron chi connectivity index (χ2n) is 2.56. The van der Waals surface area contributed by atoms with E-state index in [-0.39, 0.29) is 0 Å². The first-order chi connectivity index (χ1) is 5.88. The molecule has 0 aliphatic heterocycles. The van der Waals surface area contributed by atoms with Gasteiger partial charge in [0.2, 0.25) is 0 Å². The Bertz CT molecular complexity index is 367. The molecule has 0 aliphatic carbocycles. The zero-order valence-electron chi connectivity index (χ0n) is 6.69. The van der Waals surface area contributed by atoms with Gasteiger partial charge in [0.25, 0.3) is 0 Å². The Morgan fingerprint density at radius 1 is 1.08 bits per heavy atom. The molecule has 2 aromatic rings. The van der Waals surface area contributed by atoms with Crippen molar-refractivity contribution in [2.45, 2.75) is 6.92 Å². The number of rotatable bonds is 1. The van der Waals surface area contributed by atoms with Gasteiger partial charge in [0.05, 0.1) is 0 Å². The minimum Gasteiger partial charge on any atom is -0.244 e. The fraction of sp³-hybridized carbons (Fsp3) is 0.111. The van der Waals surface area contributed by atoms with Gasteiger partial charge >= 0.3 is 0 Å². The normalized spacial score (nSPS) is 10.1. The number of aromatic nitrogens is 2. The minimum absolute atomic E-state index is 0.815. The standard InChI is InChI=1S/C9H8N2O/c1-7-9(11-12-10-7)8-5-3-2-4-6-8/h2-6H,1H3. The summed E-state index contributed by atoms with van der Waals surface area (Å²) in [7, 11) is 0. The topological polar surface area (TPSA) is 38.9 Å². The SMILES string of the molecule is Cc1nonc1-c1ccccc1. The lowest BCUT2D eigenvalue weighted by Crippen LogP contribution is -1.79. The van der Waals surface area contributed by atoms with Crippen LogP contribution in [0.4, 0.5) is 0 Å². The van der Waals surface area contributed by atoms with Gasteiger partial charge in [-0.05, 0) is 12.1 Å². The van der Waals surface area contributed by atoms with Gasteiger partial charge in [0.1, 0.15) is 11.4 Å². The van der Waals surface area contributed by atoms with Crippen molar-refractivity contribution in [1.29, 1.82) is 0 Å². The maximum absolute atomic E-state index is 4.60. The lowest BCUT2D eigenvalue weighted by atomic mass is 10.1. The highest BCUT2D eigenvalue weighted by Gasteiger charge is 2.05. The summed E-state index contributed by atoms with van der Waals surface area (Å²) in [6, 6.07) is 9.85. The third-order valence-electron chi connectivity index (χ3n) is 1.70. The molecule has 3 nitrogen and oxygen atoms in total. The molecule has 1 aromatic heterocycles. The van der Waals surface area contributed by atoms with Crippen LogP contribution in [0.15, 0.2) is 35.0 Å². The van der Waals surface area contributed by atoms with Crippen LogP contribution in [0.1, 0.15) is 5.69 Å². The smallest absolute Gasteiger partial charge is 0.137 e. The second kappa shape index (κ2) is 2.77. The zero-order valence-corrected chi connectivity index (χ0v) is 6.69. The molecule has 1 heterocycles. The summed E-state index contributed by atoms with van der Waals surface area (Å²) in [5, 5.41) is 7.51. The average Bonchev–Trinajstić information content (AvgIpc) is 2.53. The fourth-order valence-corrected chi connectivity index (χ4v) is 1.09. The number of hydrogen-bond donors (Lipinski definition) is 0. The summed E-state index contributed by atoms with van der Waals surface area (Å²) in [6.45, 7) is 1.87. The fourth-order valence-electron chi connectivity index (χ4n) is 1.09. The van der Waals surface area contributed by atoms with E-state index in [0.29, 0.717) is 0 Å². The largest absolute Gasteiger partial charge is 0.244 e. The Morgan fingerprint density at radius 2 is 1.83 bits per heavy atom. The third-order valence-corrected chi connectivity index (χ3v) is 1.70. The summed E-state index contributed by atoms with van der Waals surface area (Å²) in [5.74, 6) is 0. The van der Waals surface area contributed by atoms with Gasteiger partial charge in [0, 0.05) is 5.56 Å². The van der Waals surface area contributed by atoms with Crippen LogP contribution in [-0.4, -0.2) is 10.3 Å². The van der Waals surface area contributed by atoms with Crippen molar-refractivity contribution in [3.05, 3.63) is 36.0 Å². The molecule has 12 heavy (non-hydrogen) atoms. The first kappa shape index (κ1) is 7.03. The van der Waals surface area contributed by atoms with Gasteiger partial charge in [-0.25, -0.2) is 4.63 Å². The van der Waals surface area contributed by atoms with Crippen LogP contribution < -0.4 is 0 Å². The van der Waals surface area contributed by atoms with Gasteiger partial charge in [-0.2, -0.15) is 0 Å². The third kappa shape index (κ3) is 1.09. The van der Waals surface area contributed by atoms with Crippen molar-refractivity contribution in [3.63, 3.8) is 0 Å². The number of benzene rings is 1. The molecular weight excluding hydrogens is 152 g/mol. The lowest BCUT2D eigenvalue weighted by molar-refractivity contribution is 0.306. The molecule has 0 saturated heterocycles. The molecule has 0 bridgehead atoms. The Morgan fingerprint density at radius 3 is 2.42 bits per heavy atom. The van der Waals surface area contributed by atoms with Gasteiger partial charge in [-0.1, -0.05) is 35.5 Å². The Balaban J connectivity index is 2.51. The molecule has 0 aliphatic rings. The molecule has 60 valence electrons. The van der Waals surface area contributed by atoms with Crippen LogP contribution in [0.2, 0.25) is 0 Å². The van der Waals surface area contributed by atoms with E-state index in [0.717, 1.165) is 17.0 Å². The van der Waals surface area contributed by atoms with E-state index in [9.17, 15) is 0 Å². The monoisotopic (exact) mass is 160 g/mol. The predicted molar refractivity (Wildman–Crippen MR) is 44.5 cm³/mol. The van der Waals surface area contributed by atoms with Crippen molar-refractivity contribution in [1.82, 2.24) is 10.3 Å². The molecule has 0 amide bonds. The van der Waals surface area contributed by atoms with Gasteiger partial charge in [-0.3, -0.25) is 0 Å². The van der Waals surface area contributed by atoms with E-state index in [4.69, 9.17) is 0 Å². The predicted octanol–water partition coefficient (Wildman–Crippen LogP) is 2.05. The van der Waals surface area contributed by atoms with E-state index < -0.39 is 0 Å². The first-order valence-corrected chi connectivity index (χ1v) is 3.72. The first-order valence-electron chi connectivity index (χ1n) is 3.72. The van der Waals surface area contributed by atoms with E-state index in [1.165, 1.54) is 0 Å². The number of aryl methyl sites for hydroxylation is 1. The second-order valence-corrected chi connectivity index (χ2v) is 2.56. The van der Waals surface area contributed by atoms with E-state index >= 15 is 0 Å². The maximum Gasteiger partial charge on any atom is 0.137 e. The molecule has 2 rings (SSSR count). The summed E-state index contributed by atoms with van der Waals surface area (Å²) in [5.41, 5.74) is 2.67. The van der Waals surface area contributed by atoms with Crippen molar-refractivity contribution in [3.8, 4) is 11.3 Å². The van der Waals surface area contributed by atoms with Crippen LogP contribution in [-0.2, 0) is 0 Å². The van der Waals surface area contributed by atoms with Gasteiger partial charge in [-0.15, -0.1) is 0 Å². The molecular formula is C9H8N2O.